The lowest BCUT2D eigenvalue weighted by molar-refractivity contribution is 0.0939. The van der Waals surface area contributed by atoms with Crippen LogP contribution in [0.15, 0.2) is 40.6 Å². The first-order valence-electron chi connectivity index (χ1n) is 5.72. The van der Waals surface area contributed by atoms with Gasteiger partial charge < -0.3 is 5.32 Å². The van der Waals surface area contributed by atoms with E-state index in [0.717, 1.165) is 15.3 Å². The first-order valence-corrected chi connectivity index (χ1v) is 7.04. The summed E-state index contributed by atoms with van der Waals surface area (Å²) >= 11 is 5.91. The first-order chi connectivity index (χ1) is 8.58. The summed E-state index contributed by atoms with van der Waals surface area (Å²) in [5.74, 6) is -0.0516. The molecule has 0 bridgehead atoms. The van der Waals surface area contributed by atoms with Gasteiger partial charge in [-0.15, -0.1) is 24.0 Å². The smallest absolute Gasteiger partial charge is 0.252 e. The lowest BCUT2D eigenvalue weighted by atomic mass is 10.1. The lowest BCUT2D eigenvalue weighted by Crippen LogP contribution is -2.26. The summed E-state index contributed by atoms with van der Waals surface area (Å²) in [6, 6.07) is 9.64. The van der Waals surface area contributed by atoms with Crippen molar-refractivity contribution < 1.29 is 4.79 Å². The molecular formula is C14H15NOS2. The van der Waals surface area contributed by atoms with Gasteiger partial charge in [0.25, 0.3) is 5.91 Å². The minimum atomic E-state index is -0.0516. The second kappa shape index (κ2) is 5.59. The molecule has 94 valence electrons. The predicted octanol–water partition coefficient (Wildman–Crippen LogP) is 3.84. The summed E-state index contributed by atoms with van der Waals surface area (Å²) in [6.45, 7) is 3.92. The van der Waals surface area contributed by atoms with Crippen LogP contribution in [0.25, 0.3) is 0 Å². The number of hydrogen-bond donors (Lipinski definition) is 2. The molecule has 2 aromatic rings. The molecule has 1 heterocycles. The zero-order valence-corrected chi connectivity index (χ0v) is 12.0. The van der Waals surface area contributed by atoms with E-state index in [1.807, 2.05) is 43.5 Å². The van der Waals surface area contributed by atoms with Gasteiger partial charge in [0.05, 0.1) is 6.04 Å². The van der Waals surface area contributed by atoms with Crippen LogP contribution in [0.5, 0.6) is 0 Å². The molecule has 1 amide bonds. The van der Waals surface area contributed by atoms with Crippen LogP contribution in [0.3, 0.4) is 0 Å². The van der Waals surface area contributed by atoms with Crippen molar-refractivity contribution >= 4 is 29.9 Å². The Kier molecular flexibility index (Phi) is 4.09. The summed E-state index contributed by atoms with van der Waals surface area (Å²) in [5, 5.41) is 5.02. The monoisotopic (exact) mass is 277 g/mol. The fourth-order valence-corrected chi connectivity index (χ4v) is 2.68. The van der Waals surface area contributed by atoms with E-state index < -0.39 is 0 Å². The molecule has 0 radical (unpaired) electrons. The molecule has 1 atom stereocenters. The molecule has 2 nitrogen and oxygen atoms in total. The summed E-state index contributed by atoms with van der Waals surface area (Å²) in [7, 11) is 0. The molecule has 0 aliphatic carbocycles. The van der Waals surface area contributed by atoms with Crippen LogP contribution in [0.1, 0.15) is 33.8 Å². The van der Waals surface area contributed by atoms with Gasteiger partial charge in [-0.3, -0.25) is 4.79 Å². The van der Waals surface area contributed by atoms with Crippen molar-refractivity contribution in [3.63, 3.8) is 0 Å². The number of carbonyl (C=O) groups excluding carboxylic acids is 1. The quantitative estimate of drug-likeness (QED) is 0.820. The molecule has 1 aromatic heterocycles. The molecule has 4 heteroatoms. The highest BCUT2D eigenvalue weighted by atomic mass is 32.1. The fraction of sp³-hybridized carbons (Fsp3) is 0.214. The second-order valence-electron chi connectivity index (χ2n) is 4.21. The Labute approximate surface area is 116 Å². The molecule has 1 unspecified atom stereocenters. The highest BCUT2D eigenvalue weighted by Gasteiger charge is 2.14. The molecule has 0 aliphatic heterocycles. The zero-order chi connectivity index (χ0) is 13.1. The van der Waals surface area contributed by atoms with Crippen LogP contribution in [0.2, 0.25) is 0 Å². The normalized spacial score (nSPS) is 12.2. The van der Waals surface area contributed by atoms with Crippen LogP contribution < -0.4 is 5.32 Å². The minimum absolute atomic E-state index is 0.0282. The van der Waals surface area contributed by atoms with Gasteiger partial charge in [0.15, 0.2) is 0 Å². The number of benzene rings is 1. The van der Waals surface area contributed by atoms with E-state index in [9.17, 15) is 4.79 Å². The van der Waals surface area contributed by atoms with Crippen molar-refractivity contribution in [2.45, 2.75) is 24.8 Å². The van der Waals surface area contributed by atoms with E-state index in [-0.39, 0.29) is 11.9 Å². The molecular weight excluding hydrogens is 262 g/mol. The minimum Gasteiger partial charge on any atom is -0.345 e. The maximum absolute atomic E-state index is 12.2. The van der Waals surface area contributed by atoms with Gasteiger partial charge in [0.1, 0.15) is 0 Å². The third-order valence-electron chi connectivity index (χ3n) is 2.78. The third-order valence-corrected chi connectivity index (χ3v) is 4.12. The first kappa shape index (κ1) is 13.2. The maximum Gasteiger partial charge on any atom is 0.252 e. The van der Waals surface area contributed by atoms with Crippen LogP contribution in [-0.2, 0) is 0 Å². The van der Waals surface area contributed by atoms with E-state index in [0.29, 0.717) is 5.56 Å². The van der Waals surface area contributed by atoms with Crippen molar-refractivity contribution in [3.05, 3.63) is 51.7 Å². The number of thiol groups is 1. The van der Waals surface area contributed by atoms with E-state index in [1.54, 1.807) is 17.4 Å². The Bertz CT molecular complexity index is 549. The lowest BCUT2D eigenvalue weighted by Gasteiger charge is -2.13. The fourth-order valence-electron chi connectivity index (χ4n) is 1.74. The Morgan fingerprint density at radius 1 is 1.39 bits per heavy atom. The van der Waals surface area contributed by atoms with Crippen LogP contribution in [0.4, 0.5) is 0 Å². The van der Waals surface area contributed by atoms with Crippen LogP contribution in [-0.4, -0.2) is 5.91 Å². The Morgan fingerprint density at radius 2 is 2.17 bits per heavy atom. The number of amides is 1. The van der Waals surface area contributed by atoms with Gasteiger partial charge in [-0.05, 0) is 43.0 Å². The average Bonchev–Trinajstić information content (AvgIpc) is 2.85. The topological polar surface area (TPSA) is 29.1 Å². The maximum atomic E-state index is 12.2. The molecule has 0 saturated carbocycles. The highest BCUT2D eigenvalue weighted by molar-refractivity contribution is 7.80. The summed E-state index contributed by atoms with van der Waals surface area (Å²) in [6.07, 6.45) is 0. The summed E-state index contributed by atoms with van der Waals surface area (Å²) in [4.78, 5) is 14.1. The van der Waals surface area contributed by atoms with Gasteiger partial charge in [-0.25, -0.2) is 0 Å². The molecule has 0 saturated heterocycles. The second-order valence-corrected chi connectivity index (χ2v) is 5.71. The molecule has 18 heavy (non-hydrogen) atoms. The molecule has 1 N–H and O–H groups in total. The number of rotatable bonds is 3. The number of carbonyl (C=O) groups is 1. The number of aryl methyl sites for hydroxylation is 1. The zero-order valence-electron chi connectivity index (χ0n) is 10.3. The van der Waals surface area contributed by atoms with Crippen molar-refractivity contribution in [1.29, 1.82) is 0 Å². The molecule has 0 fully saturated rings. The predicted molar refractivity (Wildman–Crippen MR) is 78.6 cm³/mol. The number of thiophene rings is 1. The Balaban J connectivity index is 2.15. The summed E-state index contributed by atoms with van der Waals surface area (Å²) < 4.78 is 0. The molecule has 1 aromatic carbocycles. The molecule has 2 rings (SSSR count). The van der Waals surface area contributed by atoms with Gasteiger partial charge >= 0.3 is 0 Å². The van der Waals surface area contributed by atoms with Crippen molar-refractivity contribution in [1.82, 2.24) is 5.32 Å². The standard InChI is InChI=1S/C14H15NOS2/c1-9-5-6-11(17)8-12(9)14(16)15-10(2)13-4-3-7-18-13/h3-8,10,17H,1-2H3,(H,15,16). The Hall–Kier alpha value is -1.26. The third kappa shape index (κ3) is 2.94. The SMILES string of the molecule is Cc1ccc(S)cc1C(=O)NC(C)c1cccs1. The summed E-state index contributed by atoms with van der Waals surface area (Å²) in [5.41, 5.74) is 1.65. The number of nitrogens with one attached hydrogen (secondary N) is 1. The van der Waals surface area contributed by atoms with Crippen LogP contribution >= 0.6 is 24.0 Å². The van der Waals surface area contributed by atoms with E-state index in [1.165, 1.54) is 0 Å². The average molecular weight is 277 g/mol. The number of hydrogen-bond acceptors (Lipinski definition) is 3. The van der Waals surface area contributed by atoms with E-state index in [4.69, 9.17) is 0 Å². The van der Waals surface area contributed by atoms with Crippen molar-refractivity contribution in [2.24, 2.45) is 0 Å². The van der Waals surface area contributed by atoms with Gasteiger partial charge in [-0.2, -0.15) is 0 Å². The van der Waals surface area contributed by atoms with Crippen LogP contribution in [0, 0.1) is 6.92 Å². The van der Waals surface area contributed by atoms with E-state index in [2.05, 4.69) is 17.9 Å². The van der Waals surface area contributed by atoms with Gasteiger partial charge in [0, 0.05) is 15.3 Å². The molecule has 0 spiro atoms. The van der Waals surface area contributed by atoms with Crippen molar-refractivity contribution in [2.75, 3.05) is 0 Å². The highest BCUT2D eigenvalue weighted by Crippen LogP contribution is 2.20. The largest absolute Gasteiger partial charge is 0.345 e. The Morgan fingerprint density at radius 3 is 2.83 bits per heavy atom. The van der Waals surface area contributed by atoms with Gasteiger partial charge in [0.2, 0.25) is 0 Å². The molecule has 0 aliphatic rings. The van der Waals surface area contributed by atoms with Gasteiger partial charge in [-0.1, -0.05) is 12.1 Å². The van der Waals surface area contributed by atoms with E-state index >= 15 is 0 Å². The van der Waals surface area contributed by atoms with Crippen molar-refractivity contribution in [3.8, 4) is 0 Å².